The fourth-order valence-electron chi connectivity index (χ4n) is 11.0. The third-order valence-electron chi connectivity index (χ3n) is 15.9. The number of hydrogen-bond donors (Lipinski definition) is 0. The topological polar surface area (TPSA) is 198 Å². The molecule has 0 radical (unpaired) electrons. The molecule has 8 aromatic carbocycles. The molecule has 0 bridgehead atoms. The summed E-state index contributed by atoms with van der Waals surface area (Å²) in [7, 11) is -4.08. The van der Waals surface area contributed by atoms with Crippen LogP contribution in [0.5, 0.6) is 11.5 Å². The molecule has 2 fully saturated rings. The molecule has 0 unspecified atom stereocenters. The van der Waals surface area contributed by atoms with Crippen molar-refractivity contribution in [3.63, 3.8) is 0 Å². The third kappa shape index (κ3) is 16.9. The summed E-state index contributed by atoms with van der Waals surface area (Å²) in [5.41, 5.74) is 4.32. The number of rotatable bonds is 22. The van der Waals surface area contributed by atoms with E-state index in [1.807, 2.05) is 97.1 Å². The van der Waals surface area contributed by atoms with Crippen molar-refractivity contribution in [1.82, 2.24) is 20.1 Å². The molecule has 2 aliphatic heterocycles. The number of carbonyl (C=O) groups is 4. The number of sulfone groups is 1. The SMILES string of the molecule is O=C(C[C@@H](c1ccc(OCc2cccc(S(=O)(=O)c3ccc(C(F)(F)F)cc3)c2)cc1)c1ccon1)N1C(=O)OC[C@@H]1Cc1ccccc1.O=C(C[C@@H](c1ccc(OCc2cccc(Sc3ccc(C(F)(F)F)cc3)c2)cc1)c1ccon1)N1C(=O)OC[C@@H]1Cc1ccccc1. The van der Waals surface area contributed by atoms with E-state index in [0.29, 0.717) is 51.8 Å². The highest BCUT2D eigenvalue weighted by atomic mass is 32.2. The van der Waals surface area contributed by atoms with Crippen molar-refractivity contribution in [2.75, 3.05) is 13.2 Å². The maximum absolute atomic E-state index is 13.6. The average Bonchev–Trinajstić information content (AvgIpc) is 1.99. The molecule has 96 heavy (non-hydrogen) atoms. The van der Waals surface area contributed by atoms with Gasteiger partial charge in [-0.25, -0.2) is 27.8 Å². The van der Waals surface area contributed by atoms with Gasteiger partial charge >= 0.3 is 24.5 Å². The number of aromatic nitrogens is 2. The van der Waals surface area contributed by atoms with E-state index in [1.54, 1.807) is 54.6 Å². The van der Waals surface area contributed by atoms with Crippen molar-refractivity contribution in [1.29, 1.82) is 0 Å². The van der Waals surface area contributed by atoms with Gasteiger partial charge in [0.15, 0.2) is 0 Å². The Hall–Kier alpha value is -10.5. The van der Waals surface area contributed by atoms with Crippen LogP contribution in [-0.4, -0.2) is 77.8 Å². The van der Waals surface area contributed by atoms with Crippen molar-refractivity contribution < 1.29 is 81.9 Å². The largest absolute Gasteiger partial charge is 0.489 e. The van der Waals surface area contributed by atoms with Gasteiger partial charge in [0.1, 0.15) is 50.5 Å². The molecule has 0 N–H and O–H groups in total. The lowest BCUT2D eigenvalue weighted by Crippen LogP contribution is -2.40. The van der Waals surface area contributed by atoms with Crippen LogP contribution in [-0.2, 0) is 67.3 Å². The number of carbonyl (C=O) groups excluding carboxylic acids is 4. The molecule has 492 valence electrons. The summed E-state index contributed by atoms with van der Waals surface area (Å²) in [5.74, 6) is -0.737. The van der Waals surface area contributed by atoms with Crippen LogP contribution in [0.15, 0.2) is 260 Å². The van der Waals surface area contributed by atoms with Gasteiger partial charge in [0.25, 0.3) is 0 Å². The zero-order chi connectivity index (χ0) is 67.4. The molecule has 2 aromatic heterocycles. The molecule has 0 spiro atoms. The highest BCUT2D eigenvalue weighted by Crippen LogP contribution is 2.37. The highest BCUT2D eigenvalue weighted by Gasteiger charge is 2.41. The molecule has 0 aliphatic carbocycles. The number of amides is 4. The Labute approximate surface area is 551 Å². The first-order valence-electron chi connectivity index (χ1n) is 30.0. The summed E-state index contributed by atoms with van der Waals surface area (Å²) in [5, 5.41) is 8.13. The van der Waals surface area contributed by atoms with Crippen molar-refractivity contribution in [2.24, 2.45) is 0 Å². The minimum absolute atomic E-state index is 0.000787. The van der Waals surface area contributed by atoms with Crippen molar-refractivity contribution in [3.05, 3.63) is 287 Å². The number of alkyl halides is 6. The Morgan fingerprint density at radius 2 is 0.917 bits per heavy atom. The number of ether oxygens (including phenoxy) is 4. The normalized spacial score (nSPS) is 15.4. The van der Waals surface area contributed by atoms with Gasteiger partial charge in [-0.1, -0.05) is 131 Å². The lowest BCUT2D eigenvalue weighted by atomic mass is 9.91. The first-order valence-corrected chi connectivity index (χ1v) is 32.3. The van der Waals surface area contributed by atoms with E-state index in [9.17, 15) is 53.9 Å². The van der Waals surface area contributed by atoms with Gasteiger partial charge in [-0.3, -0.25) is 9.59 Å². The van der Waals surface area contributed by atoms with Gasteiger partial charge in [-0.05, 0) is 143 Å². The van der Waals surface area contributed by atoms with E-state index in [-0.39, 0.29) is 55.0 Å². The van der Waals surface area contributed by atoms with Crippen LogP contribution in [0, 0.1) is 0 Å². The number of benzene rings is 8. The van der Waals surface area contributed by atoms with Gasteiger partial charge in [0.2, 0.25) is 21.7 Å². The first-order chi connectivity index (χ1) is 46.2. The standard InChI is InChI=1S/C36H29F3N2O7S.C36H29F3N2O5S/c37-36(38,39)27-11-15-30(16-12-27)49(44,45)31-8-4-7-25(20-31)22-46-29-13-9-26(10-14-29)32(33-17-18-48-40-33)21-34(42)41-28(23-47-35(41)43)19-24-5-2-1-3-6-24;37-36(38,39)27-11-15-30(16-12-27)47-31-8-4-7-25(20-31)22-44-29-13-9-26(10-14-29)32(33-17-18-46-40-33)21-34(42)41-28(23-45-35(41)43)19-24-5-2-1-3-6-24/h1-18,20,28,32H,19,21-23H2;1-18,20,28,32H,19,21-23H2/t2*28-,32-/m00/s1. The quantitative estimate of drug-likeness (QED) is 0.0580. The summed E-state index contributed by atoms with van der Waals surface area (Å²) in [4.78, 5) is 55.9. The molecule has 0 saturated carbocycles. The Morgan fingerprint density at radius 1 is 0.490 bits per heavy atom. The lowest BCUT2D eigenvalue weighted by molar-refractivity contribution is -0.138. The fraction of sp³-hybridized carbons (Fsp3) is 0.194. The number of cyclic esters (lactones) is 2. The molecule has 4 heterocycles. The maximum atomic E-state index is 13.6. The predicted molar refractivity (Wildman–Crippen MR) is 337 cm³/mol. The monoisotopic (exact) mass is 1350 g/mol. The lowest BCUT2D eigenvalue weighted by Gasteiger charge is -2.22. The van der Waals surface area contributed by atoms with E-state index in [1.165, 1.54) is 64.4 Å². The highest BCUT2D eigenvalue weighted by molar-refractivity contribution is 7.99. The zero-order valence-corrected chi connectivity index (χ0v) is 52.3. The molecule has 2 aliphatic rings. The zero-order valence-electron chi connectivity index (χ0n) is 50.7. The smallest absolute Gasteiger partial charge is 0.416 e. The Bertz CT molecular complexity index is 4380. The number of halogens is 6. The Balaban J connectivity index is 0.000000195. The third-order valence-corrected chi connectivity index (χ3v) is 18.6. The van der Waals surface area contributed by atoms with Crippen LogP contribution in [0.3, 0.4) is 0 Å². The molecule has 4 amide bonds. The Kier molecular flexibility index (Phi) is 20.8. The van der Waals surface area contributed by atoms with E-state index in [4.69, 9.17) is 28.0 Å². The first kappa shape index (κ1) is 67.0. The van der Waals surface area contributed by atoms with Crippen LogP contribution in [0.2, 0.25) is 0 Å². The van der Waals surface area contributed by atoms with Crippen LogP contribution in [0.4, 0.5) is 35.9 Å². The number of nitrogens with zero attached hydrogens (tertiary/aromatic N) is 4. The molecular weight excluding hydrogens is 1290 g/mol. The summed E-state index contributed by atoms with van der Waals surface area (Å²) < 4.78 is 136. The summed E-state index contributed by atoms with van der Waals surface area (Å²) in [6, 6.07) is 57.8. The second-order valence-electron chi connectivity index (χ2n) is 22.4. The van der Waals surface area contributed by atoms with E-state index < -0.39 is 75.3 Å². The van der Waals surface area contributed by atoms with E-state index in [2.05, 4.69) is 10.3 Å². The van der Waals surface area contributed by atoms with E-state index >= 15 is 0 Å². The summed E-state index contributed by atoms with van der Waals surface area (Å²) >= 11 is 1.36. The molecule has 12 rings (SSSR count). The maximum Gasteiger partial charge on any atom is 0.416 e. The van der Waals surface area contributed by atoms with Crippen LogP contribution >= 0.6 is 11.8 Å². The van der Waals surface area contributed by atoms with Crippen molar-refractivity contribution >= 4 is 45.6 Å². The molecule has 10 aromatic rings. The minimum atomic E-state index is -4.58. The average molecular weight is 1350 g/mol. The molecule has 24 heteroatoms. The van der Waals surface area contributed by atoms with Gasteiger partial charge in [-0.2, -0.15) is 26.3 Å². The predicted octanol–water partition coefficient (Wildman–Crippen LogP) is 15.8. The minimum Gasteiger partial charge on any atom is -0.489 e. The van der Waals surface area contributed by atoms with Gasteiger partial charge < -0.3 is 28.0 Å². The van der Waals surface area contributed by atoms with Gasteiger partial charge in [-0.15, -0.1) is 0 Å². The second kappa shape index (κ2) is 29.9. The van der Waals surface area contributed by atoms with Crippen molar-refractivity contribution in [2.45, 2.75) is 94.8 Å². The van der Waals surface area contributed by atoms with Gasteiger partial charge in [0.05, 0.1) is 44.4 Å². The molecular formula is C72H58F6N4O12S2. The van der Waals surface area contributed by atoms with Crippen molar-refractivity contribution in [3.8, 4) is 11.5 Å². The molecule has 4 atom stereocenters. The van der Waals surface area contributed by atoms with Crippen LogP contribution < -0.4 is 9.47 Å². The van der Waals surface area contributed by atoms with Crippen LogP contribution in [0.25, 0.3) is 0 Å². The Morgan fingerprint density at radius 3 is 1.35 bits per heavy atom. The summed E-state index contributed by atoms with van der Waals surface area (Å²) in [6.07, 6.45) is -6.59. The van der Waals surface area contributed by atoms with E-state index in [0.717, 1.165) is 63.5 Å². The van der Waals surface area contributed by atoms with Crippen LogP contribution in [0.1, 0.15) is 80.6 Å². The second-order valence-corrected chi connectivity index (χ2v) is 25.5. The number of hydrogen-bond acceptors (Lipinski definition) is 15. The molecule has 2 saturated heterocycles. The number of imide groups is 2. The molecule has 16 nitrogen and oxygen atoms in total. The van der Waals surface area contributed by atoms with Gasteiger partial charge in [0, 0.05) is 46.6 Å². The summed E-state index contributed by atoms with van der Waals surface area (Å²) in [6.45, 7) is 0.507. The fourth-order valence-corrected chi connectivity index (χ4v) is 13.2.